The molecule has 0 fully saturated rings. The molecular weight excluding hydrogens is 1500 g/mol. The van der Waals surface area contributed by atoms with Crippen LogP contribution >= 0.6 is 0 Å². The normalized spacial score (nSPS) is 14.2. The number of para-hydroxylation sites is 7. The summed E-state index contributed by atoms with van der Waals surface area (Å²) in [5.74, 6) is 4.88. The fraction of sp³-hybridized carbons (Fsp3) is 0.0256. The molecule has 0 saturated carbocycles. The third-order valence-electron chi connectivity index (χ3n) is 26.6. The predicted octanol–water partition coefficient (Wildman–Crippen LogP) is 30.5. The number of anilines is 9. The minimum absolute atomic E-state index is 0.799. The second kappa shape index (κ2) is 27.5. The SMILES string of the molecule is c1ccc(-c2cccc(N3c4cc(-c5ccccc5)ccc4C4(c5ccccc5Oc5ccccc54)c4cc(-c5ccc6c(c5)C5(c7ccccc7Oc7ccccc75)c5cc(-c7ccc8c(c7)C7(c9ccccc9Oc9ccccc97)c7ccc(-c9ccccc9)cc7N8c7cccc(-c8ccccc8)c7)ccc5N6c5ccccc5)ccc43)c2)cc1. The van der Waals surface area contributed by atoms with Crippen molar-refractivity contribution in [2.45, 2.75) is 16.2 Å². The van der Waals surface area contributed by atoms with Crippen molar-refractivity contribution in [1.82, 2.24) is 0 Å². The second-order valence-corrected chi connectivity index (χ2v) is 32.8. The number of nitrogens with zero attached hydrogens (tertiary/aromatic N) is 3. The average molecular weight is 1570 g/mol. The van der Waals surface area contributed by atoms with E-state index in [-0.39, 0.29) is 0 Å². The lowest BCUT2D eigenvalue weighted by atomic mass is 9.60. The first kappa shape index (κ1) is 70.0. The Morgan fingerprint density at radius 1 is 0.130 bits per heavy atom. The Morgan fingerprint density at radius 2 is 0.341 bits per heavy atom. The van der Waals surface area contributed by atoms with Crippen molar-refractivity contribution in [3.05, 3.63) is 522 Å². The molecule has 6 nitrogen and oxygen atoms in total. The van der Waals surface area contributed by atoms with Gasteiger partial charge >= 0.3 is 0 Å². The maximum absolute atomic E-state index is 7.28. The molecule has 0 aliphatic carbocycles. The van der Waals surface area contributed by atoms with Crippen LogP contribution in [0.1, 0.15) is 66.8 Å². The van der Waals surface area contributed by atoms with Gasteiger partial charge in [0.25, 0.3) is 0 Å². The largest absolute Gasteiger partial charge is 0.457 e. The van der Waals surface area contributed by atoms with Crippen molar-refractivity contribution >= 4 is 51.2 Å². The fourth-order valence-electron chi connectivity index (χ4n) is 21.4. The van der Waals surface area contributed by atoms with Crippen molar-refractivity contribution in [2.24, 2.45) is 0 Å². The highest BCUT2D eigenvalue weighted by atomic mass is 16.5. The molecule has 19 aromatic carbocycles. The third kappa shape index (κ3) is 10.4. The quantitative estimate of drug-likeness (QED) is 0.143. The van der Waals surface area contributed by atoms with Gasteiger partial charge in [0, 0.05) is 50.4 Å². The Bertz CT molecular complexity index is 6990. The van der Waals surface area contributed by atoms with Gasteiger partial charge in [-0.2, -0.15) is 0 Å². The summed E-state index contributed by atoms with van der Waals surface area (Å²) >= 11 is 0. The molecule has 25 rings (SSSR count). The van der Waals surface area contributed by atoms with Gasteiger partial charge in [-0.1, -0.05) is 322 Å². The highest BCUT2D eigenvalue weighted by Gasteiger charge is 2.56. The Kier molecular flexibility index (Phi) is 15.7. The highest BCUT2D eigenvalue weighted by molar-refractivity contribution is 6.00. The molecule has 6 aliphatic heterocycles. The molecule has 6 aliphatic rings. The molecule has 0 amide bonds. The number of hydrogen-bond donors (Lipinski definition) is 0. The summed E-state index contributed by atoms with van der Waals surface area (Å²) in [6.45, 7) is 0. The summed E-state index contributed by atoms with van der Waals surface area (Å²) < 4.78 is 21.5. The number of benzene rings is 19. The van der Waals surface area contributed by atoms with Crippen LogP contribution < -0.4 is 28.9 Å². The number of hydrogen-bond acceptors (Lipinski definition) is 6. The van der Waals surface area contributed by atoms with Gasteiger partial charge in [-0.05, 0) is 234 Å². The van der Waals surface area contributed by atoms with E-state index in [2.05, 4.69) is 470 Å². The van der Waals surface area contributed by atoms with E-state index < -0.39 is 16.2 Å². The summed E-state index contributed by atoms with van der Waals surface area (Å²) in [7, 11) is 0. The standard InChI is InChI=1S/C117H75N3O3/c1-6-30-76(31-7-1)80-38-28-42-89(68-80)119-105-66-60-82(70-99(105)115(91-62-56-86(74-107(91)119)78-34-10-3-11-35-78)93-44-16-22-50-109(93)121-110-51-23-17-45-94(110)115)84-58-64-103-101(72-84)117(97-48-20-26-54-113(97)123-114-55-27-21-49-98(114)117)102-73-85(59-65-104(102)118(103)88-40-14-5-15-41-88)83-61-67-106-100(71-83)116(95-46-18-24-52-111(95)122-112-53-25-19-47-96(112)116)92-63-57-87(79-36-12-4-13-37-79)75-108(92)120(106)90-43-29-39-81(69-90)77-32-8-2-9-33-77/h1-75H. The number of rotatable bonds is 9. The van der Waals surface area contributed by atoms with Gasteiger partial charge in [-0.3, -0.25) is 0 Å². The summed E-state index contributed by atoms with van der Waals surface area (Å²) in [6, 6.07) is 168. The summed E-state index contributed by atoms with van der Waals surface area (Å²) in [5.41, 5.74) is 33.3. The maximum Gasteiger partial charge on any atom is 0.132 e. The van der Waals surface area contributed by atoms with Gasteiger partial charge in [0.05, 0.1) is 50.4 Å². The van der Waals surface area contributed by atoms with Crippen LogP contribution in [-0.2, 0) is 16.2 Å². The smallest absolute Gasteiger partial charge is 0.132 e. The van der Waals surface area contributed by atoms with E-state index >= 15 is 0 Å². The molecule has 0 atom stereocenters. The van der Waals surface area contributed by atoms with Crippen molar-refractivity contribution in [2.75, 3.05) is 14.7 Å². The van der Waals surface area contributed by atoms with Crippen LogP contribution in [0.25, 0.3) is 66.8 Å². The molecule has 0 bridgehead atoms. The molecular formula is C117H75N3O3. The van der Waals surface area contributed by atoms with E-state index in [1.807, 2.05) is 0 Å². The molecule has 0 saturated heterocycles. The van der Waals surface area contributed by atoms with Crippen LogP contribution in [0.2, 0.25) is 0 Å². The van der Waals surface area contributed by atoms with E-state index in [4.69, 9.17) is 14.2 Å². The molecule has 576 valence electrons. The van der Waals surface area contributed by atoms with E-state index in [0.29, 0.717) is 0 Å². The van der Waals surface area contributed by atoms with Crippen molar-refractivity contribution in [3.8, 4) is 101 Å². The summed E-state index contributed by atoms with van der Waals surface area (Å²) in [4.78, 5) is 7.55. The first-order valence-electron chi connectivity index (χ1n) is 42.3. The Hall–Kier alpha value is -16.0. The molecule has 0 unspecified atom stereocenters. The first-order chi connectivity index (χ1) is 61.0. The zero-order valence-electron chi connectivity index (χ0n) is 66.9. The zero-order valence-corrected chi connectivity index (χ0v) is 66.9. The van der Waals surface area contributed by atoms with Crippen LogP contribution in [0.5, 0.6) is 34.5 Å². The monoisotopic (exact) mass is 1570 g/mol. The molecule has 0 aromatic heterocycles. The van der Waals surface area contributed by atoms with Crippen LogP contribution in [0.4, 0.5) is 51.2 Å². The number of ether oxygens (including phenoxy) is 3. The summed E-state index contributed by atoms with van der Waals surface area (Å²) in [5, 5.41) is 0. The molecule has 0 radical (unpaired) electrons. The van der Waals surface area contributed by atoms with E-state index in [0.717, 1.165) is 219 Å². The highest BCUT2D eigenvalue weighted by Crippen LogP contribution is 2.69. The molecule has 0 N–H and O–H groups in total. The van der Waals surface area contributed by atoms with Crippen molar-refractivity contribution in [1.29, 1.82) is 0 Å². The van der Waals surface area contributed by atoms with Crippen LogP contribution in [0.15, 0.2) is 455 Å². The third-order valence-corrected chi connectivity index (χ3v) is 26.6. The lowest BCUT2D eigenvalue weighted by molar-refractivity contribution is 0.433. The fourth-order valence-corrected chi connectivity index (χ4v) is 21.4. The molecule has 19 aromatic rings. The minimum Gasteiger partial charge on any atom is -0.457 e. The van der Waals surface area contributed by atoms with Gasteiger partial charge in [-0.25, -0.2) is 0 Å². The van der Waals surface area contributed by atoms with Crippen molar-refractivity contribution in [3.63, 3.8) is 0 Å². The lowest BCUT2D eigenvalue weighted by Crippen LogP contribution is -2.40. The van der Waals surface area contributed by atoms with Crippen LogP contribution in [-0.4, -0.2) is 0 Å². The second-order valence-electron chi connectivity index (χ2n) is 32.8. The number of fused-ring (bicyclic) bond motifs is 24. The average Bonchev–Trinajstić information content (AvgIpc) is 0.685. The van der Waals surface area contributed by atoms with E-state index in [1.165, 1.54) is 0 Å². The Morgan fingerprint density at radius 3 is 0.634 bits per heavy atom. The van der Waals surface area contributed by atoms with Gasteiger partial charge < -0.3 is 28.9 Å². The van der Waals surface area contributed by atoms with Gasteiger partial charge in [0.1, 0.15) is 34.5 Å². The topological polar surface area (TPSA) is 37.4 Å². The molecule has 123 heavy (non-hydrogen) atoms. The van der Waals surface area contributed by atoms with Gasteiger partial charge in [0.2, 0.25) is 0 Å². The first-order valence-corrected chi connectivity index (χ1v) is 42.3. The summed E-state index contributed by atoms with van der Waals surface area (Å²) in [6.07, 6.45) is 0. The predicted molar refractivity (Wildman–Crippen MR) is 499 cm³/mol. The maximum atomic E-state index is 7.28. The van der Waals surface area contributed by atoms with Gasteiger partial charge in [-0.15, -0.1) is 0 Å². The molecule has 3 spiro atoms. The Labute approximate surface area is 714 Å². The van der Waals surface area contributed by atoms with E-state index in [9.17, 15) is 0 Å². The van der Waals surface area contributed by atoms with E-state index in [1.54, 1.807) is 0 Å². The van der Waals surface area contributed by atoms with Crippen molar-refractivity contribution < 1.29 is 14.2 Å². The Balaban J connectivity index is 0.742. The minimum atomic E-state index is -0.999. The zero-order chi connectivity index (χ0) is 80.9. The van der Waals surface area contributed by atoms with Crippen LogP contribution in [0, 0.1) is 0 Å². The van der Waals surface area contributed by atoms with Crippen LogP contribution in [0.3, 0.4) is 0 Å². The molecule has 6 heteroatoms. The lowest BCUT2D eigenvalue weighted by Gasteiger charge is -2.49. The van der Waals surface area contributed by atoms with Gasteiger partial charge in [0.15, 0.2) is 0 Å². The molecule has 6 heterocycles.